The molecule has 0 aliphatic carbocycles. The van der Waals surface area contributed by atoms with Gasteiger partial charge in [0.25, 0.3) is 5.91 Å². The molecule has 41 heavy (non-hydrogen) atoms. The highest BCUT2D eigenvalue weighted by atomic mass is 16.8. The molecule has 9 nitrogen and oxygen atoms in total. The Balaban J connectivity index is 1.18. The lowest BCUT2D eigenvalue weighted by Crippen LogP contribution is -2.62. The minimum atomic E-state index is -0.912. The molecule has 4 atom stereocenters. The minimum absolute atomic E-state index is 0.181. The van der Waals surface area contributed by atoms with E-state index in [1.807, 2.05) is 81.4 Å². The fourth-order valence-electron chi connectivity index (χ4n) is 5.56. The maximum Gasteiger partial charge on any atom is 0.509 e. The van der Waals surface area contributed by atoms with Crippen molar-refractivity contribution in [2.75, 3.05) is 13.7 Å². The van der Waals surface area contributed by atoms with Crippen LogP contribution >= 0.6 is 0 Å². The number of amides is 1. The molecule has 0 radical (unpaired) electrons. The Labute approximate surface area is 238 Å². The standard InChI is InChI=1S/C32H31NO8/c1-18-24(38-30-27-26(39-31(35)40-27)28(36-4)32(2,3)41-30)14-13-21-16-23(17-37-25(18)21)33-29(34)22-12-8-11-20(15-22)19-9-6-5-7-10-19/h5-16,26-28,30H,17H2,1-4H3,(H,33,34). The van der Waals surface area contributed by atoms with Gasteiger partial charge < -0.3 is 33.7 Å². The molecule has 2 fully saturated rings. The predicted molar refractivity (Wildman–Crippen MR) is 150 cm³/mol. The van der Waals surface area contributed by atoms with Crippen molar-refractivity contribution in [2.24, 2.45) is 0 Å². The number of methoxy groups -OCH3 is 1. The molecular weight excluding hydrogens is 526 g/mol. The topological polar surface area (TPSA) is 102 Å². The Morgan fingerprint density at radius 2 is 1.73 bits per heavy atom. The SMILES string of the molecule is COC1C2OC(=O)OC2C(Oc2ccc3c(c2C)OCC(NC(=O)c2cccc(-c4ccccc4)c2)=C3)OC1(C)C. The Hall–Kier alpha value is -4.34. The summed E-state index contributed by atoms with van der Waals surface area (Å²) in [5.41, 5.74) is 3.95. The second-order valence-corrected chi connectivity index (χ2v) is 10.7. The quantitative estimate of drug-likeness (QED) is 0.410. The van der Waals surface area contributed by atoms with Crippen molar-refractivity contribution < 1.29 is 38.0 Å². The van der Waals surface area contributed by atoms with Crippen LogP contribution in [0.1, 0.15) is 35.3 Å². The fourth-order valence-corrected chi connectivity index (χ4v) is 5.56. The average molecular weight is 558 g/mol. The smallest absolute Gasteiger partial charge is 0.486 e. The summed E-state index contributed by atoms with van der Waals surface area (Å²) in [6, 6.07) is 21.1. The van der Waals surface area contributed by atoms with Gasteiger partial charge in [0, 0.05) is 23.8 Å². The molecule has 0 spiro atoms. The first-order valence-corrected chi connectivity index (χ1v) is 13.4. The first-order valence-electron chi connectivity index (χ1n) is 13.4. The molecule has 3 aliphatic heterocycles. The number of benzene rings is 3. The fraction of sp³-hybridized carbons (Fsp3) is 0.312. The number of fused-ring (bicyclic) bond motifs is 2. The van der Waals surface area contributed by atoms with E-state index in [9.17, 15) is 9.59 Å². The molecule has 2 saturated heterocycles. The highest BCUT2D eigenvalue weighted by Gasteiger charge is 2.59. The van der Waals surface area contributed by atoms with E-state index in [-0.39, 0.29) is 12.5 Å². The molecule has 0 aromatic heterocycles. The molecule has 0 bridgehead atoms. The van der Waals surface area contributed by atoms with Crippen LogP contribution in [-0.4, -0.2) is 56.0 Å². The summed E-state index contributed by atoms with van der Waals surface area (Å²) >= 11 is 0. The maximum atomic E-state index is 13.1. The van der Waals surface area contributed by atoms with Gasteiger partial charge in [-0.2, -0.15) is 0 Å². The average Bonchev–Trinajstić information content (AvgIpc) is 3.36. The largest absolute Gasteiger partial charge is 0.509 e. The highest BCUT2D eigenvalue weighted by molar-refractivity contribution is 5.97. The van der Waals surface area contributed by atoms with Gasteiger partial charge in [0.2, 0.25) is 12.4 Å². The van der Waals surface area contributed by atoms with Crippen molar-refractivity contribution >= 4 is 18.1 Å². The molecule has 1 N–H and O–H groups in total. The van der Waals surface area contributed by atoms with Crippen molar-refractivity contribution in [2.45, 2.75) is 51.0 Å². The molecule has 3 heterocycles. The van der Waals surface area contributed by atoms with E-state index in [1.165, 1.54) is 7.11 Å². The molecule has 4 unspecified atom stereocenters. The first kappa shape index (κ1) is 26.9. The third kappa shape index (κ3) is 5.14. The zero-order chi connectivity index (χ0) is 28.7. The van der Waals surface area contributed by atoms with E-state index in [2.05, 4.69) is 5.32 Å². The van der Waals surface area contributed by atoms with Crippen molar-refractivity contribution in [3.8, 4) is 22.6 Å². The number of hydrogen-bond acceptors (Lipinski definition) is 8. The molecule has 9 heteroatoms. The van der Waals surface area contributed by atoms with E-state index in [4.69, 9.17) is 28.4 Å². The van der Waals surface area contributed by atoms with Crippen LogP contribution in [0.3, 0.4) is 0 Å². The van der Waals surface area contributed by atoms with Crippen molar-refractivity contribution in [1.82, 2.24) is 5.32 Å². The van der Waals surface area contributed by atoms with Gasteiger partial charge in [0.15, 0.2) is 6.10 Å². The highest BCUT2D eigenvalue weighted by Crippen LogP contribution is 2.41. The van der Waals surface area contributed by atoms with Crippen LogP contribution in [0.25, 0.3) is 17.2 Å². The third-order valence-corrected chi connectivity index (χ3v) is 7.55. The number of ether oxygens (including phenoxy) is 6. The Morgan fingerprint density at radius 1 is 0.976 bits per heavy atom. The maximum absolute atomic E-state index is 13.1. The molecule has 1 amide bonds. The van der Waals surface area contributed by atoms with Crippen molar-refractivity contribution in [3.63, 3.8) is 0 Å². The van der Waals surface area contributed by atoms with Gasteiger partial charge in [-0.15, -0.1) is 0 Å². The van der Waals surface area contributed by atoms with Crippen LogP contribution in [0, 0.1) is 6.92 Å². The van der Waals surface area contributed by atoms with Crippen LogP contribution in [-0.2, 0) is 18.9 Å². The lowest BCUT2D eigenvalue weighted by atomic mass is 9.89. The second-order valence-electron chi connectivity index (χ2n) is 10.7. The summed E-state index contributed by atoms with van der Waals surface area (Å²) in [4.78, 5) is 25.0. The lowest BCUT2D eigenvalue weighted by molar-refractivity contribution is -0.282. The van der Waals surface area contributed by atoms with Crippen molar-refractivity contribution in [3.05, 3.63) is 89.1 Å². The van der Waals surface area contributed by atoms with Gasteiger partial charge in [0.1, 0.15) is 24.2 Å². The number of carbonyl (C=O) groups is 2. The Kier molecular flexibility index (Phi) is 6.93. The van der Waals surface area contributed by atoms with Gasteiger partial charge in [0.05, 0.1) is 11.3 Å². The van der Waals surface area contributed by atoms with Crippen LogP contribution in [0.4, 0.5) is 4.79 Å². The predicted octanol–water partition coefficient (Wildman–Crippen LogP) is 5.26. The summed E-state index contributed by atoms with van der Waals surface area (Å²) in [6.45, 7) is 5.75. The van der Waals surface area contributed by atoms with E-state index in [1.54, 1.807) is 12.1 Å². The molecular formula is C32H31NO8. The second kappa shape index (κ2) is 10.6. The molecule has 0 saturated carbocycles. The van der Waals surface area contributed by atoms with Gasteiger partial charge >= 0.3 is 6.16 Å². The van der Waals surface area contributed by atoms with E-state index in [0.29, 0.717) is 22.8 Å². The molecule has 3 aliphatic rings. The number of rotatable bonds is 6. The monoisotopic (exact) mass is 557 g/mol. The third-order valence-electron chi connectivity index (χ3n) is 7.55. The number of hydrogen-bond donors (Lipinski definition) is 1. The van der Waals surface area contributed by atoms with E-state index < -0.39 is 36.4 Å². The van der Waals surface area contributed by atoms with E-state index >= 15 is 0 Å². The Bertz CT molecular complexity index is 1520. The number of carbonyl (C=O) groups excluding carboxylic acids is 2. The summed E-state index contributed by atoms with van der Waals surface area (Å²) < 4.78 is 34.8. The summed E-state index contributed by atoms with van der Waals surface area (Å²) in [6.07, 6.45) is -1.79. The molecule has 212 valence electrons. The summed E-state index contributed by atoms with van der Waals surface area (Å²) in [5.74, 6) is 0.931. The van der Waals surface area contributed by atoms with Gasteiger partial charge in [-0.1, -0.05) is 42.5 Å². The summed E-state index contributed by atoms with van der Waals surface area (Å²) in [7, 11) is 1.54. The van der Waals surface area contributed by atoms with Crippen LogP contribution in [0.2, 0.25) is 0 Å². The zero-order valence-electron chi connectivity index (χ0n) is 23.2. The zero-order valence-corrected chi connectivity index (χ0v) is 23.2. The van der Waals surface area contributed by atoms with Gasteiger partial charge in [-0.25, -0.2) is 4.79 Å². The number of nitrogens with one attached hydrogen (secondary N) is 1. The van der Waals surface area contributed by atoms with Gasteiger partial charge in [-0.3, -0.25) is 4.79 Å². The van der Waals surface area contributed by atoms with Crippen molar-refractivity contribution in [1.29, 1.82) is 0 Å². The Morgan fingerprint density at radius 3 is 2.51 bits per heavy atom. The van der Waals surface area contributed by atoms with Gasteiger partial charge in [-0.05, 0) is 62.2 Å². The van der Waals surface area contributed by atoms with Crippen LogP contribution in [0.15, 0.2) is 72.4 Å². The molecule has 3 aromatic carbocycles. The molecule has 3 aromatic rings. The lowest BCUT2D eigenvalue weighted by Gasteiger charge is -2.45. The normalized spacial score (nSPS) is 24.1. The first-order chi connectivity index (χ1) is 19.7. The van der Waals surface area contributed by atoms with Crippen LogP contribution in [0.5, 0.6) is 11.5 Å². The molecule has 6 rings (SSSR count). The van der Waals surface area contributed by atoms with E-state index in [0.717, 1.165) is 22.3 Å². The van der Waals surface area contributed by atoms with Crippen LogP contribution < -0.4 is 14.8 Å². The minimum Gasteiger partial charge on any atom is -0.486 e. The summed E-state index contributed by atoms with van der Waals surface area (Å²) in [5, 5.41) is 2.97.